The Morgan fingerprint density at radius 1 is 1.40 bits per heavy atom. The molecule has 2 fully saturated rings. The molecule has 2 aliphatic rings. The van der Waals surface area contributed by atoms with E-state index in [9.17, 15) is 8.78 Å². The SMILES string of the molecule is FC(F)C1C2CCCNC21. The summed E-state index contributed by atoms with van der Waals surface area (Å²) in [5, 5.41) is 3.11. The van der Waals surface area contributed by atoms with Gasteiger partial charge in [-0.15, -0.1) is 0 Å². The molecule has 0 aromatic carbocycles. The van der Waals surface area contributed by atoms with Crippen LogP contribution in [0.15, 0.2) is 0 Å². The van der Waals surface area contributed by atoms with Gasteiger partial charge in [0.2, 0.25) is 6.43 Å². The average Bonchev–Trinajstić information content (AvgIpc) is 2.60. The summed E-state index contributed by atoms with van der Waals surface area (Å²) in [7, 11) is 0. The van der Waals surface area contributed by atoms with Gasteiger partial charge >= 0.3 is 0 Å². The molecule has 1 heterocycles. The molecule has 0 aromatic rings. The van der Waals surface area contributed by atoms with E-state index in [-0.39, 0.29) is 12.0 Å². The molecule has 0 radical (unpaired) electrons. The van der Waals surface area contributed by atoms with Crippen molar-refractivity contribution in [2.24, 2.45) is 11.8 Å². The third kappa shape index (κ3) is 0.839. The Morgan fingerprint density at radius 2 is 2.20 bits per heavy atom. The summed E-state index contributed by atoms with van der Waals surface area (Å²) < 4.78 is 24.2. The number of rotatable bonds is 1. The van der Waals surface area contributed by atoms with Gasteiger partial charge in [0.05, 0.1) is 0 Å². The number of hydrogen-bond acceptors (Lipinski definition) is 1. The largest absolute Gasteiger partial charge is 0.313 e. The molecule has 3 atom stereocenters. The third-order valence-electron chi connectivity index (χ3n) is 2.61. The summed E-state index contributed by atoms with van der Waals surface area (Å²) in [5.74, 6) is -0.0174. The average molecular weight is 147 g/mol. The van der Waals surface area contributed by atoms with Gasteiger partial charge in [0.1, 0.15) is 0 Å². The molecule has 10 heavy (non-hydrogen) atoms. The van der Waals surface area contributed by atoms with Crippen LogP contribution in [0.5, 0.6) is 0 Å². The van der Waals surface area contributed by atoms with Crippen LogP contribution in [-0.2, 0) is 0 Å². The summed E-state index contributed by atoms with van der Waals surface area (Å²) in [6, 6.07) is 0.161. The van der Waals surface area contributed by atoms with Crippen LogP contribution < -0.4 is 5.32 Å². The van der Waals surface area contributed by atoms with Gasteiger partial charge in [0, 0.05) is 12.0 Å². The lowest BCUT2D eigenvalue weighted by atomic mass is 10.1. The van der Waals surface area contributed by atoms with Gasteiger partial charge in [-0.3, -0.25) is 0 Å². The molecule has 1 saturated heterocycles. The molecule has 1 N–H and O–H groups in total. The normalized spacial score (nSPS) is 45.3. The predicted molar refractivity (Wildman–Crippen MR) is 34.0 cm³/mol. The van der Waals surface area contributed by atoms with Crippen molar-refractivity contribution in [2.45, 2.75) is 25.3 Å². The van der Waals surface area contributed by atoms with Gasteiger partial charge in [-0.1, -0.05) is 0 Å². The monoisotopic (exact) mass is 147 g/mol. The van der Waals surface area contributed by atoms with E-state index < -0.39 is 6.43 Å². The fraction of sp³-hybridized carbons (Fsp3) is 1.00. The van der Waals surface area contributed by atoms with E-state index in [0.29, 0.717) is 5.92 Å². The summed E-state index contributed by atoms with van der Waals surface area (Å²) in [6.45, 7) is 0.935. The Morgan fingerprint density at radius 3 is 2.70 bits per heavy atom. The first-order chi connectivity index (χ1) is 4.80. The second-order valence-electron chi connectivity index (χ2n) is 3.20. The standard InChI is InChI=1S/C7H11F2N/c8-7(9)5-4-2-1-3-10-6(4)5/h4-7,10H,1-3H2. The zero-order valence-corrected chi connectivity index (χ0v) is 5.69. The smallest absolute Gasteiger partial charge is 0.243 e. The summed E-state index contributed by atoms with van der Waals surface area (Å²) >= 11 is 0. The minimum atomic E-state index is -2.10. The van der Waals surface area contributed by atoms with E-state index in [1.54, 1.807) is 0 Å². The van der Waals surface area contributed by atoms with Crippen molar-refractivity contribution >= 4 is 0 Å². The molecule has 1 aliphatic heterocycles. The number of halogens is 2. The van der Waals surface area contributed by atoms with Gasteiger partial charge in [-0.25, -0.2) is 8.78 Å². The molecular weight excluding hydrogens is 136 g/mol. The van der Waals surface area contributed by atoms with Crippen LogP contribution in [0, 0.1) is 11.8 Å². The summed E-state index contributed by atoms with van der Waals surface area (Å²) in [6.07, 6.45) is -0.0162. The molecule has 0 bridgehead atoms. The number of fused-ring (bicyclic) bond motifs is 1. The Bertz CT molecular complexity index is 126. The third-order valence-corrected chi connectivity index (χ3v) is 2.61. The molecule has 1 nitrogen and oxygen atoms in total. The zero-order chi connectivity index (χ0) is 7.14. The first kappa shape index (κ1) is 6.53. The van der Waals surface area contributed by atoms with Crippen molar-refractivity contribution in [2.75, 3.05) is 6.54 Å². The highest BCUT2D eigenvalue weighted by molar-refractivity contribution is 5.06. The Balaban J connectivity index is 1.93. The van der Waals surface area contributed by atoms with Crippen LogP contribution in [0.25, 0.3) is 0 Å². The van der Waals surface area contributed by atoms with Gasteiger partial charge < -0.3 is 5.32 Å². The molecule has 3 unspecified atom stereocenters. The van der Waals surface area contributed by atoms with E-state index in [1.807, 2.05) is 0 Å². The van der Waals surface area contributed by atoms with E-state index in [1.165, 1.54) is 0 Å². The summed E-state index contributed by atoms with van der Waals surface area (Å²) in [4.78, 5) is 0. The lowest BCUT2D eigenvalue weighted by molar-refractivity contribution is 0.114. The fourth-order valence-corrected chi connectivity index (χ4v) is 2.01. The second-order valence-corrected chi connectivity index (χ2v) is 3.20. The highest BCUT2D eigenvalue weighted by Crippen LogP contribution is 2.48. The lowest BCUT2D eigenvalue weighted by Crippen LogP contribution is -2.24. The van der Waals surface area contributed by atoms with E-state index in [0.717, 1.165) is 19.4 Å². The Hall–Kier alpha value is -0.180. The van der Waals surface area contributed by atoms with E-state index >= 15 is 0 Å². The van der Waals surface area contributed by atoms with E-state index in [4.69, 9.17) is 0 Å². The molecule has 0 amide bonds. The predicted octanol–water partition coefficient (Wildman–Crippen LogP) is 1.25. The van der Waals surface area contributed by atoms with Crippen molar-refractivity contribution < 1.29 is 8.78 Å². The zero-order valence-electron chi connectivity index (χ0n) is 5.69. The van der Waals surface area contributed by atoms with Gasteiger partial charge in [-0.2, -0.15) is 0 Å². The van der Waals surface area contributed by atoms with Crippen LogP contribution in [0.2, 0.25) is 0 Å². The molecule has 3 heteroatoms. The lowest BCUT2D eigenvalue weighted by Gasteiger charge is -2.07. The first-order valence-corrected chi connectivity index (χ1v) is 3.82. The highest BCUT2D eigenvalue weighted by Gasteiger charge is 2.55. The molecule has 1 saturated carbocycles. The van der Waals surface area contributed by atoms with Crippen LogP contribution in [-0.4, -0.2) is 19.0 Å². The topological polar surface area (TPSA) is 12.0 Å². The van der Waals surface area contributed by atoms with Crippen molar-refractivity contribution in [1.82, 2.24) is 5.32 Å². The molecule has 2 rings (SSSR count). The molecule has 0 spiro atoms. The Labute approximate surface area is 58.8 Å². The fourth-order valence-electron chi connectivity index (χ4n) is 2.01. The number of piperidine rings is 1. The minimum Gasteiger partial charge on any atom is -0.313 e. The minimum absolute atomic E-state index is 0.161. The van der Waals surface area contributed by atoms with Crippen molar-refractivity contribution in [3.63, 3.8) is 0 Å². The maximum atomic E-state index is 12.1. The van der Waals surface area contributed by atoms with Gasteiger partial charge in [0.25, 0.3) is 0 Å². The van der Waals surface area contributed by atoms with Crippen LogP contribution in [0.3, 0.4) is 0 Å². The van der Waals surface area contributed by atoms with Gasteiger partial charge in [0.15, 0.2) is 0 Å². The molecule has 1 aliphatic carbocycles. The van der Waals surface area contributed by atoms with Crippen LogP contribution >= 0.6 is 0 Å². The van der Waals surface area contributed by atoms with Crippen molar-refractivity contribution in [3.8, 4) is 0 Å². The molecule has 58 valence electrons. The maximum absolute atomic E-state index is 12.1. The van der Waals surface area contributed by atoms with Crippen LogP contribution in [0.1, 0.15) is 12.8 Å². The molecular formula is C7H11F2N. The quantitative estimate of drug-likeness (QED) is 0.588. The van der Waals surface area contributed by atoms with Crippen LogP contribution in [0.4, 0.5) is 8.78 Å². The van der Waals surface area contributed by atoms with E-state index in [2.05, 4.69) is 5.32 Å². The van der Waals surface area contributed by atoms with Gasteiger partial charge in [-0.05, 0) is 25.3 Å². The first-order valence-electron chi connectivity index (χ1n) is 3.82. The summed E-state index contributed by atoms with van der Waals surface area (Å²) in [5.41, 5.74) is 0. The Kier molecular flexibility index (Phi) is 1.41. The highest BCUT2D eigenvalue weighted by atomic mass is 19.3. The second kappa shape index (κ2) is 2.16. The number of hydrogen-bond donors (Lipinski definition) is 1. The van der Waals surface area contributed by atoms with Crippen molar-refractivity contribution in [1.29, 1.82) is 0 Å². The maximum Gasteiger partial charge on any atom is 0.243 e. The molecule has 0 aromatic heterocycles. The number of nitrogens with one attached hydrogen (secondary N) is 1. The van der Waals surface area contributed by atoms with Crippen molar-refractivity contribution in [3.05, 3.63) is 0 Å². The number of alkyl halides is 2.